The van der Waals surface area contributed by atoms with Crippen molar-refractivity contribution in [2.24, 2.45) is 5.10 Å². The molecule has 2 rings (SSSR count). The monoisotopic (exact) mass is 256 g/mol. The van der Waals surface area contributed by atoms with Gasteiger partial charge in [0.2, 0.25) is 0 Å². The van der Waals surface area contributed by atoms with Crippen molar-refractivity contribution < 1.29 is 16.6 Å². The summed E-state index contributed by atoms with van der Waals surface area (Å²) in [6.45, 7) is 1.86. The highest BCUT2D eigenvalue weighted by Crippen LogP contribution is 2.07. The molecule has 90 valence electrons. The normalized spacial score (nSPS) is 17.2. The van der Waals surface area contributed by atoms with Gasteiger partial charge in [-0.05, 0) is 11.6 Å². The van der Waals surface area contributed by atoms with Crippen LogP contribution in [0.2, 0.25) is 5.15 Å². The van der Waals surface area contributed by atoms with E-state index in [9.17, 15) is 10.1 Å². The first-order valence-electron chi connectivity index (χ1n) is 4.99. The van der Waals surface area contributed by atoms with E-state index in [4.69, 9.17) is 11.6 Å². The lowest BCUT2D eigenvalue weighted by atomic mass is 10.3. The molecule has 0 aromatic carbocycles. The maximum Gasteiger partial charge on any atom is 0.318 e. The number of nitro groups is 1. The van der Waals surface area contributed by atoms with Crippen molar-refractivity contribution in [3.8, 4) is 0 Å². The molecule has 1 fully saturated rings. The minimum atomic E-state index is -0.703. The molecule has 1 aliphatic heterocycles. The van der Waals surface area contributed by atoms with Gasteiger partial charge in [-0.1, -0.05) is 0 Å². The number of guanidine groups is 1. The maximum absolute atomic E-state index is 10.3. The molecule has 1 aliphatic rings. The summed E-state index contributed by atoms with van der Waals surface area (Å²) in [5.41, 5.74) is 0.943. The molecule has 7 nitrogen and oxygen atoms in total. The van der Waals surface area contributed by atoms with E-state index < -0.39 is 5.03 Å². The summed E-state index contributed by atoms with van der Waals surface area (Å²) >= 11 is 4.88. The van der Waals surface area contributed by atoms with Crippen molar-refractivity contribution in [1.29, 1.82) is 0 Å². The molecule has 0 unspecified atom stereocenters. The second kappa shape index (κ2) is 4.96. The summed E-state index contributed by atoms with van der Waals surface area (Å²) in [6, 6.07) is 3.59. The third-order valence-electron chi connectivity index (χ3n) is 2.31. The average Bonchev–Trinajstić information content (AvgIpc) is 2.68. The molecule has 0 radical (unpaired) electrons. The van der Waals surface area contributed by atoms with Crippen LogP contribution in [0.1, 0.15) is 5.56 Å². The zero-order chi connectivity index (χ0) is 12.3. The predicted octanol–water partition coefficient (Wildman–Crippen LogP) is -0.269. The van der Waals surface area contributed by atoms with Crippen LogP contribution in [0.15, 0.2) is 23.4 Å². The van der Waals surface area contributed by atoms with Crippen LogP contribution >= 0.6 is 0 Å². The molecule has 0 aliphatic carbocycles. The standard InChI is InChI=1S/C9H11ClN5O2/c10-8-2-1-7(5-12-8)6-14-4-3-11-9(14)13-15(16)17/h1-2,5,10H,3-4,6H2,(H,11,13)/q+1. The Bertz CT molecular complexity index is 447. The molecule has 8 heteroatoms. The predicted molar refractivity (Wildman–Crippen MR) is 57.6 cm³/mol. The number of nitrogens with zero attached hydrogens (tertiary/aromatic N) is 4. The van der Waals surface area contributed by atoms with Gasteiger partial charge >= 0.3 is 5.15 Å². The number of rotatable bonds is 3. The molecule has 1 aromatic rings. The summed E-state index contributed by atoms with van der Waals surface area (Å²) in [4.78, 5) is 16.1. The Morgan fingerprint density at radius 3 is 3.12 bits per heavy atom. The Hall–Kier alpha value is -1.89. The van der Waals surface area contributed by atoms with Gasteiger partial charge in [0.15, 0.2) is 16.6 Å². The van der Waals surface area contributed by atoms with Gasteiger partial charge in [0.05, 0.1) is 0 Å². The topological polar surface area (TPSA) is 83.7 Å². The lowest BCUT2D eigenvalue weighted by Gasteiger charge is -2.14. The molecule has 0 bridgehead atoms. The average molecular weight is 257 g/mol. The Balaban J connectivity index is 2.07. The number of hydrogen-bond acceptors (Lipinski definition) is 3. The first-order chi connectivity index (χ1) is 8.15. The molecular weight excluding hydrogens is 246 g/mol. The number of nitrogens with one attached hydrogen (secondary N) is 1. The Kier molecular flexibility index (Phi) is 3.38. The largest absolute Gasteiger partial charge is 0.349 e. The molecule has 2 heterocycles. The number of aromatic nitrogens is 1. The van der Waals surface area contributed by atoms with E-state index in [1.165, 1.54) is 0 Å². The second-order valence-corrected chi connectivity index (χ2v) is 3.93. The van der Waals surface area contributed by atoms with Crippen LogP contribution in [-0.2, 0) is 6.54 Å². The first kappa shape index (κ1) is 11.6. The zero-order valence-corrected chi connectivity index (χ0v) is 9.68. The lowest BCUT2D eigenvalue weighted by Crippen LogP contribution is -2.30. The molecule has 1 aromatic heterocycles. The fraction of sp³-hybridized carbons (Fsp3) is 0.333. The molecule has 0 atom stereocenters. The highest BCUT2D eigenvalue weighted by molar-refractivity contribution is 5.81. The fourth-order valence-corrected chi connectivity index (χ4v) is 1.70. The summed E-state index contributed by atoms with van der Waals surface area (Å²) in [6.07, 6.45) is 1.67. The minimum absolute atomic E-state index is 0.289. The molecule has 0 spiro atoms. The van der Waals surface area contributed by atoms with Crippen LogP contribution in [0.5, 0.6) is 0 Å². The van der Waals surface area contributed by atoms with Crippen molar-refractivity contribution >= 4 is 5.96 Å². The Morgan fingerprint density at radius 2 is 2.47 bits per heavy atom. The number of hydrogen-bond donors (Lipinski definition) is 1. The van der Waals surface area contributed by atoms with Crippen LogP contribution in [0.4, 0.5) is 0 Å². The van der Waals surface area contributed by atoms with Gasteiger partial charge in [0, 0.05) is 31.9 Å². The van der Waals surface area contributed by atoms with Crippen molar-refractivity contribution in [3.63, 3.8) is 0 Å². The van der Waals surface area contributed by atoms with Gasteiger partial charge < -0.3 is 10.2 Å². The molecule has 17 heavy (non-hydrogen) atoms. The van der Waals surface area contributed by atoms with Crippen LogP contribution in [0, 0.1) is 21.7 Å². The Morgan fingerprint density at radius 1 is 1.65 bits per heavy atom. The third kappa shape index (κ3) is 3.04. The van der Waals surface area contributed by atoms with Crippen molar-refractivity contribution in [3.05, 3.63) is 39.2 Å². The smallest absolute Gasteiger partial charge is 0.318 e. The minimum Gasteiger partial charge on any atom is -0.349 e. The summed E-state index contributed by atoms with van der Waals surface area (Å²) in [5.74, 6) is 0.289. The van der Waals surface area contributed by atoms with E-state index >= 15 is 0 Å². The molecule has 1 N–H and O–H groups in total. The summed E-state index contributed by atoms with van der Waals surface area (Å²) in [5, 5.41) is 16.3. The van der Waals surface area contributed by atoms with E-state index in [0.717, 1.165) is 5.56 Å². The van der Waals surface area contributed by atoms with Gasteiger partial charge in [-0.25, -0.2) is 15.1 Å². The second-order valence-electron chi connectivity index (χ2n) is 3.51. The highest BCUT2D eigenvalue weighted by atomic mass is 35.5. The number of halogens is 1. The summed E-state index contributed by atoms with van der Waals surface area (Å²) in [7, 11) is 0. The van der Waals surface area contributed by atoms with E-state index in [2.05, 4.69) is 15.4 Å². The first-order valence-corrected chi connectivity index (χ1v) is 5.40. The van der Waals surface area contributed by atoms with E-state index in [0.29, 0.717) is 24.8 Å². The number of pyridine rings is 1. The van der Waals surface area contributed by atoms with Gasteiger partial charge in [-0.2, -0.15) is 0 Å². The van der Waals surface area contributed by atoms with Gasteiger partial charge in [-0.3, -0.25) is 0 Å². The van der Waals surface area contributed by atoms with E-state index in [-0.39, 0.29) is 5.96 Å². The molecule has 1 saturated heterocycles. The van der Waals surface area contributed by atoms with Crippen molar-refractivity contribution in [2.45, 2.75) is 6.54 Å². The van der Waals surface area contributed by atoms with Gasteiger partial charge in [-0.15, -0.1) is 0 Å². The van der Waals surface area contributed by atoms with Gasteiger partial charge in [0.25, 0.3) is 5.96 Å². The van der Waals surface area contributed by atoms with E-state index in [1.54, 1.807) is 17.2 Å². The van der Waals surface area contributed by atoms with Gasteiger partial charge in [0.1, 0.15) is 5.10 Å². The van der Waals surface area contributed by atoms with Crippen LogP contribution in [0.25, 0.3) is 0 Å². The number of hydrazone groups is 1. The Labute approximate surface area is 102 Å². The van der Waals surface area contributed by atoms with Crippen LogP contribution in [0.3, 0.4) is 0 Å². The lowest BCUT2D eigenvalue weighted by molar-refractivity contribution is -0.485. The third-order valence-corrected chi connectivity index (χ3v) is 2.55. The molecular formula is C9H11ClN5O2+. The van der Waals surface area contributed by atoms with Crippen molar-refractivity contribution in [1.82, 2.24) is 15.2 Å². The highest BCUT2D eigenvalue weighted by Gasteiger charge is 2.21. The fourth-order valence-electron chi connectivity index (χ4n) is 1.58. The van der Waals surface area contributed by atoms with Crippen LogP contribution in [-0.4, -0.2) is 34.0 Å². The van der Waals surface area contributed by atoms with Crippen molar-refractivity contribution in [2.75, 3.05) is 13.1 Å². The SMILES string of the molecule is O=[N+]([O-])/N=C1\NCCN1Cc1ccc([ClH+])nc1. The van der Waals surface area contributed by atoms with E-state index in [1.807, 2.05) is 6.07 Å². The molecule has 0 amide bonds. The maximum atomic E-state index is 10.3. The summed E-state index contributed by atoms with van der Waals surface area (Å²) < 4.78 is 0. The van der Waals surface area contributed by atoms with Crippen LogP contribution < -0.4 is 5.32 Å². The quantitative estimate of drug-likeness (QED) is 0.457. The molecule has 0 saturated carbocycles. The zero-order valence-electron chi connectivity index (χ0n) is 8.87.